The van der Waals surface area contributed by atoms with Gasteiger partial charge in [0.1, 0.15) is 0 Å². The first kappa shape index (κ1) is 16.0. The number of amides is 1. The van der Waals surface area contributed by atoms with Crippen LogP contribution < -0.4 is 10.1 Å². The van der Waals surface area contributed by atoms with Gasteiger partial charge in [0.25, 0.3) is 5.91 Å². The first-order valence-corrected chi connectivity index (χ1v) is 6.94. The van der Waals surface area contributed by atoms with Crippen LogP contribution in [-0.2, 0) is 6.42 Å². The van der Waals surface area contributed by atoms with Crippen molar-refractivity contribution in [3.8, 4) is 5.75 Å². The second-order valence-corrected chi connectivity index (χ2v) is 4.88. The molecular formula is C17H18FNO3. The number of methoxy groups -OCH3 is 1. The predicted octanol–water partition coefficient (Wildman–Crippen LogP) is 2.17. The SMILES string of the molecule is COc1cccc(C(=O)NCC(O)Cc2ccccc2)c1F. The minimum atomic E-state index is -0.736. The monoisotopic (exact) mass is 303 g/mol. The Hall–Kier alpha value is -2.40. The lowest BCUT2D eigenvalue weighted by molar-refractivity contribution is 0.0911. The van der Waals surface area contributed by atoms with E-state index in [1.165, 1.54) is 25.3 Å². The van der Waals surface area contributed by atoms with Gasteiger partial charge in [-0.15, -0.1) is 0 Å². The van der Waals surface area contributed by atoms with Crippen LogP contribution in [0.5, 0.6) is 5.75 Å². The highest BCUT2D eigenvalue weighted by Crippen LogP contribution is 2.19. The molecule has 2 aromatic carbocycles. The van der Waals surface area contributed by atoms with Crippen molar-refractivity contribution in [2.24, 2.45) is 0 Å². The Labute approximate surface area is 128 Å². The van der Waals surface area contributed by atoms with Crippen LogP contribution in [0.4, 0.5) is 4.39 Å². The third-order valence-corrected chi connectivity index (χ3v) is 3.24. The molecule has 0 aliphatic rings. The Balaban J connectivity index is 1.93. The summed E-state index contributed by atoms with van der Waals surface area (Å²) in [5.74, 6) is -1.28. The fourth-order valence-corrected chi connectivity index (χ4v) is 2.11. The molecule has 0 bridgehead atoms. The Morgan fingerprint density at radius 2 is 1.95 bits per heavy atom. The molecule has 116 valence electrons. The van der Waals surface area contributed by atoms with Crippen LogP contribution in [0.3, 0.4) is 0 Å². The fourth-order valence-electron chi connectivity index (χ4n) is 2.11. The van der Waals surface area contributed by atoms with E-state index in [9.17, 15) is 14.3 Å². The molecule has 0 radical (unpaired) electrons. The van der Waals surface area contributed by atoms with Gasteiger partial charge in [0.15, 0.2) is 11.6 Å². The summed E-state index contributed by atoms with van der Waals surface area (Å²) in [5, 5.41) is 12.5. The van der Waals surface area contributed by atoms with E-state index in [1.54, 1.807) is 0 Å². The van der Waals surface area contributed by atoms with Gasteiger partial charge in [-0.3, -0.25) is 4.79 Å². The summed E-state index contributed by atoms with van der Waals surface area (Å²) in [5.41, 5.74) is 0.864. The number of carbonyl (C=O) groups excluding carboxylic acids is 1. The largest absolute Gasteiger partial charge is 0.494 e. The summed E-state index contributed by atoms with van der Waals surface area (Å²) in [6, 6.07) is 13.8. The van der Waals surface area contributed by atoms with Gasteiger partial charge in [0, 0.05) is 13.0 Å². The third kappa shape index (κ3) is 4.05. The number of ether oxygens (including phenoxy) is 1. The summed E-state index contributed by atoms with van der Waals surface area (Å²) in [7, 11) is 1.34. The molecule has 1 atom stereocenters. The second-order valence-electron chi connectivity index (χ2n) is 4.88. The Morgan fingerprint density at radius 3 is 2.64 bits per heavy atom. The number of aliphatic hydroxyl groups excluding tert-OH is 1. The topological polar surface area (TPSA) is 58.6 Å². The molecular weight excluding hydrogens is 285 g/mol. The molecule has 4 nitrogen and oxygen atoms in total. The van der Waals surface area contributed by atoms with E-state index >= 15 is 0 Å². The van der Waals surface area contributed by atoms with Crippen LogP contribution in [0.2, 0.25) is 0 Å². The molecule has 0 heterocycles. The van der Waals surface area contributed by atoms with E-state index in [0.29, 0.717) is 6.42 Å². The molecule has 0 saturated heterocycles. The number of halogens is 1. The maximum atomic E-state index is 13.9. The number of nitrogens with one attached hydrogen (secondary N) is 1. The highest BCUT2D eigenvalue weighted by molar-refractivity contribution is 5.94. The van der Waals surface area contributed by atoms with Crippen LogP contribution in [0.15, 0.2) is 48.5 Å². The van der Waals surface area contributed by atoms with Gasteiger partial charge in [-0.05, 0) is 17.7 Å². The maximum Gasteiger partial charge on any atom is 0.254 e. The number of hydrogen-bond acceptors (Lipinski definition) is 3. The Morgan fingerprint density at radius 1 is 1.23 bits per heavy atom. The van der Waals surface area contributed by atoms with E-state index in [4.69, 9.17) is 4.74 Å². The molecule has 0 saturated carbocycles. The van der Waals surface area contributed by atoms with Crippen molar-refractivity contribution in [2.45, 2.75) is 12.5 Å². The maximum absolute atomic E-state index is 13.9. The Kier molecular flexibility index (Phi) is 5.49. The van der Waals surface area contributed by atoms with E-state index in [1.807, 2.05) is 30.3 Å². The predicted molar refractivity (Wildman–Crippen MR) is 81.4 cm³/mol. The van der Waals surface area contributed by atoms with Gasteiger partial charge >= 0.3 is 0 Å². The standard InChI is InChI=1S/C17H18FNO3/c1-22-15-9-5-8-14(16(15)18)17(21)19-11-13(20)10-12-6-3-2-4-7-12/h2-9,13,20H,10-11H2,1H3,(H,19,21). The van der Waals surface area contributed by atoms with Crippen LogP contribution in [0.25, 0.3) is 0 Å². The zero-order valence-corrected chi connectivity index (χ0v) is 12.3. The lowest BCUT2D eigenvalue weighted by atomic mass is 10.1. The van der Waals surface area contributed by atoms with Crippen LogP contribution >= 0.6 is 0 Å². The van der Waals surface area contributed by atoms with E-state index in [2.05, 4.69) is 5.32 Å². The molecule has 0 fully saturated rings. The highest BCUT2D eigenvalue weighted by Gasteiger charge is 2.16. The lowest BCUT2D eigenvalue weighted by Crippen LogP contribution is -2.33. The van der Waals surface area contributed by atoms with Gasteiger partial charge in [-0.1, -0.05) is 36.4 Å². The number of rotatable bonds is 6. The highest BCUT2D eigenvalue weighted by atomic mass is 19.1. The van der Waals surface area contributed by atoms with Gasteiger partial charge < -0.3 is 15.2 Å². The molecule has 1 amide bonds. The van der Waals surface area contributed by atoms with Crippen molar-refractivity contribution in [2.75, 3.05) is 13.7 Å². The molecule has 2 rings (SSSR count). The van der Waals surface area contributed by atoms with E-state index < -0.39 is 17.8 Å². The smallest absolute Gasteiger partial charge is 0.254 e. The quantitative estimate of drug-likeness (QED) is 0.860. The summed E-state index contributed by atoms with van der Waals surface area (Å²) < 4.78 is 18.8. The van der Waals surface area contributed by atoms with Crippen LogP contribution in [-0.4, -0.2) is 30.8 Å². The van der Waals surface area contributed by atoms with E-state index in [0.717, 1.165) is 5.56 Å². The number of carbonyl (C=O) groups is 1. The second kappa shape index (κ2) is 7.56. The van der Waals surface area contributed by atoms with Crippen molar-refractivity contribution in [3.05, 3.63) is 65.5 Å². The zero-order chi connectivity index (χ0) is 15.9. The van der Waals surface area contributed by atoms with Gasteiger partial charge in [-0.2, -0.15) is 0 Å². The summed E-state index contributed by atoms with van der Waals surface area (Å²) in [6.07, 6.45) is -0.318. The molecule has 0 aliphatic heterocycles. The van der Waals surface area contributed by atoms with Crippen molar-refractivity contribution in [1.29, 1.82) is 0 Å². The minimum absolute atomic E-state index is 0.0116. The fraction of sp³-hybridized carbons (Fsp3) is 0.235. The van der Waals surface area contributed by atoms with Crippen molar-refractivity contribution in [1.82, 2.24) is 5.32 Å². The summed E-state index contributed by atoms with van der Waals surface area (Å²) in [6.45, 7) is 0.0460. The zero-order valence-electron chi connectivity index (χ0n) is 12.3. The van der Waals surface area contributed by atoms with Crippen molar-refractivity contribution >= 4 is 5.91 Å². The van der Waals surface area contributed by atoms with Gasteiger partial charge in [0.05, 0.1) is 18.8 Å². The number of hydrogen-bond donors (Lipinski definition) is 2. The van der Waals surface area contributed by atoms with Crippen molar-refractivity contribution in [3.63, 3.8) is 0 Å². The molecule has 1 unspecified atom stereocenters. The van der Waals surface area contributed by atoms with Gasteiger partial charge in [-0.25, -0.2) is 4.39 Å². The molecule has 2 aromatic rings. The average molecular weight is 303 g/mol. The molecule has 2 N–H and O–H groups in total. The molecule has 0 aromatic heterocycles. The van der Waals surface area contributed by atoms with E-state index in [-0.39, 0.29) is 17.9 Å². The minimum Gasteiger partial charge on any atom is -0.494 e. The number of benzene rings is 2. The lowest BCUT2D eigenvalue weighted by Gasteiger charge is -2.13. The molecule has 22 heavy (non-hydrogen) atoms. The summed E-state index contributed by atoms with van der Waals surface area (Å²) >= 11 is 0. The van der Waals surface area contributed by atoms with Crippen LogP contribution in [0, 0.1) is 5.82 Å². The average Bonchev–Trinajstić information content (AvgIpc) is 2.54. The summed E-state index contributed by atoms with van der Waals surface area (Å²) in [4.78, 5) is 12.0. The molecule has 0 aliphatic carbocycles. The van der Waals surface area contributed by atoms with Crippen molar-refractivity contribution < 1.29 is 19.0 Å². The van der Waals surface area contributed by atoms with Gasteiger partial charge in [0.2, 0.25) is 0 Å². The normalized spacial score (nSPS) is 11.8. The third-order valence-electron chi connectivity index (χ3n) is 3.24. The molecule has 0 spiro atoms. The molecule has 5 heteroatoms. The van der Waals surface area contributed by atoms with Crippen LogP contribution in [0.1, 0.15) is 15.9 Å². The first-order valence-electron chi connectivity index (χ1n) is 6.94. The Bertz CT molecular complexity index is 631. The first-order chi connectivity index (χ1) is 10.6. The number of aliphatic hydroxyl groups is 1.